The number of esters is 1. The molecule has 2 rings (SSSR count). The molecule has 0 heterocycles. The van der Waals surface area contributed by atoms with E-state index in [0.717, 1.165) is 11.3 Å². The van der Waals surface area contributed by atoms with Crippen molar-refractivity contribution in [3.05, 3.63) is 59.7 Å². The summed E-state index contributed by atoms with van der Waals surface area (Å²) < 4.78 is 10.3. The molecule has 0 aromatic heterocycles. The van der Waals surface area contributed by atoms with E-state index in [-0.39, 0.29) is 26.2 Å². The molecule has 0 radical (unpaired) electrons. The summed E-state index contributed by atoms with van der Waals surface area (Å²) in [4.78, 5) is 10.9. The third kappa shape index (κ3) is 4.85. The number of hydrogen-bond acceptors (Lipinski definition) is 3. The van der Waals surface area contributed by atoms with Gasteiger partial charge in [0.25, 0.3) is 0 Å². The molecule has 0 fully saturated rings. The first-order valence-corrected chi connectivity index (χ1v) is 6.87. The fourth-order valence-electron chi connectivity index (χ4n) is 2.28. The summed E-state index contributed by atoms with van der Waals surface area (Å²) in [5.74, 6) is 1.11. The van der Waals surface area contributed by atoms with E-state index in [9.17, 15) is 4.79 Å². The lowest BCUT2D eigenvalue weighted by molar-refractivity contribution is -0.131. The average molecular weight is 316 g/mol. The molecular weight excluding hydrogens is 288 g/mol. The number of rotatable bonds is 4. The highest BCUT2D eigenvalue weighted by Gasteiger charge is 2.23. The van der Waals surface area contributed by atoms with Crippen molar-refractivity contribution in [1.82, 2.24) is 0 Å². The molecule has 0 atom stereocenters. The standard InChI is InChI=1S/C18H20O3.2CH4/c1-13(19)21-17-11-7-15(8-12-17)18(2,3)14-5-9-16(20-4)10-6-14;;/h5-12H,1-4H3;2*1H4. The normalized spacial score (nSPS) is 10.1. The van der Waals surface area contributed by atoms with Crippen LogP contribution in [0.1, 0.15) is 46.8 Å². The van der Waals surface area contributed by atoms with E-state index in [0.29, 0.717) is 5.75 Å². The second kappa shape index (κ2) is 8.37. The fraction of sp³-hybridized carbons (Fsp3) is 0.350. The Hall–Kier alpha value is -2.29. The zero-order valence-corrected chi connectivity index (χ0v) is 12.8. The molecule has 0 unspecified atom stereocenters. The van der Waals surface area contributed by atoms with E-state index in [4.69, 9.17) is 9.47 Å². The fourth-order valence-corrected chi connectivity index (χ4v) is 2.28. The molecule has 3 heteroatoms. The van der Waals surface area contributed by atoms with E-state index < -0.39 is 0 Å². The Balaban J connectivity index is 0.00000242. The third-order valence-corrected chi connectivity index (χ3v) is 3.65. The molecule has 0 N–H and O–H groups in total. The van der Waals surface area contributed by atoms with E-state index in [2.05, 4.69) is 26.0 Å². The lowest BCUT2D eigenvalue weighted by atomic mass is 9.78. The number of methoxy groups -OCH3 is 1. The lowest BCUT2D eigenvalue weighted by Gasteiger charge is -2.26. The summed E-state index contributed by atoms with van der Waals surface area (Å²) in [5.41, 5.74) is 2.22. The van der Waals surface area contributed by atoms with E-state index in [1.807, 2.05) is 36.4 Å². The molecule has 2 aromatic carbocycles. The van der Waals surface area contributed by atoms with Gasteiger partial charge in [0.2, 0.25) is 0 Å². The highest BCUT2D eigenvalue weighted by molar-refractivity contribution is 5.69. The van der Waals surface area contributed by atoms with Gasteiger partial charge in [-0.3, -0.25) is 4.79 Å². The Labute approximate surface area is 140 Å². The maximum atomic E-state index is 10.9. The predicted octanol–water partition coefficient (Wildman–Crippen LogP) is 5.22. The monoisotopic (exact) mass is 316 g/mol. The van der Waals surface area contributed by atoms with Crippen LogP contribution in [0.3, 0.4) is 0 Å². The van der Waals surface area contributed by atoms with Crippen molar-refractivity contribution in [3.8, 4) is 11.5 Å². The Bertz CT molecular complexity index is 610. The highest BCUT2D eigenvalue weighted by atomic mass is 16.5. The maximum absolute atomic E-state index is 10.9. The van der Waals surface area contributed by atoms with Gasteiger partial charge >= 0.3 is 5.97 Å². The Kier molecular flexibility index (Phi) is 7.54. The SMILES string of the molecule is C.C.COc1ccc(C(C)(C)c2ccc(OC(C)=O)cc2)cc1. The van der Waals surface area contributed by atoms with Crippen molar-refractivity contribution in [2.24, 2.45) is 0 Å². The summed E-state index contributed by atoms with van der Waals surface area (Å²) in [7, 11) is 1.66. The van der Waals surface area contributed by atoms with Gasteiger partial charge in [-0.2, -0.15) is 0 Å². The first-order chi connectivity index (χ1) is 9.93. The Morgan fingerprint density at radius 2 is 1.22 bits per heavy atom. The van der Waals surface area contributed by atoms with E-state index in [1.165, 1.54) is 12.5 Å². The van der Waals surface area contributed by atoms with Gasteiger partial charge < -0.3 is 9.47 Å². The number of carbonyl (C=O) groups excluding carboxylic acids is 1. The van der Waals surface area contributed by atoms with Gasteiger partial charge in [0.15, 0.2) is 0 Å². The van der Waals surface area contributed by atoms with Crippen LogP contribution in [-0.2, 0) is 10.2 Å². The number of carbonyl (C=O) groups is 1. The minimum atomic E-state index is -0.308. The second-order valence-corrected chi connectivity index (χ2v) is 5.47. The van der Waals surface area contributed by atoms with Crippen molar-refractivity contribution >= 4 is 5.97 Å². The van der Waals surface area contributed by atoms with Gasteiger partial charge in [0.05, 0.1) is 7.11 Å². The minimum absolute atomic E-state index is 0. The predicted molar refractivity (Wildman–Crippen MR) is 96.3 cm³/mol. The molecule has 3 nitrogen and oxygen atoms in total. The Morgan fingerprint density at radius 3 is 1.57 bits per heavy atom. The minimum Gasteiger partial charge on any atom is -0.497 e. The molecule has 0 saturated heterocycles. The number of hydrogen-bond donors (Lipinski definition) is 0. The summed E-state index contributed by atoms with van der Waals surface area (Å²) in [5, 5.41) is 0. The molecule has 0 saturated carbocycles. The van der Waals surface area contributed by atoms with Gasteiger partial charge in [-0.15, -0.1) is 0 Å². The van der Waals surface area contributed by atoms with Crippen LogP contribution in [0.2, 0.25) is 0 Å². The largest absolute Gasteiger partial charge is 0.497 e. The van der Waals surface area contributed by atoms with Crippen LogP contribution in [0, 0.1) is 0 Å². The quantitative estimate of drug-likeness (QED) is 0.573. The van der Waals surface area contributed by atoms with E-state index >= 15 is 0 Å². The van der Waals surface area contributed by atoms with Crippen LogP contribution in [0.4, 0.5) is 0 Å². The van der Waals surface area contributed by atoms with Crippen LogP contribution < -0.4 is 9.47 Å². The van der Waals surface area contributed by atoms with Gasteiger partial charge in [-0.1, -0.05) is 53.0 Å². The number of ether oxygens (including phenoxy) is 2. The second-order valence-electron chi connectivity index (χ2n) is 5.47. The molecule has 0 spiro atoms. The maximum Gasteiger partial charge on any atom is 0.308 e. The van der Waals surface area contributed by atoms with Crippen LogP contribution in [-0.4, -0.2) is 13.1 Å². The van der Waals surface area contributed by atoms with Crippen molar-refractivity contribution in [2.45, 2.75) is 41.0 Å². The topological polar surface area (TPSA) is 35.5 Å². The number of benzene rings is 2. The average Bonchev–Trinajstić information content (AvgIpc) is 2.47. The molecule has 23 heavy (non-hydrogen) atoms. The van der Waals surface area contributed by atoms with Gasteiger partial charge in [0, 0.05) is 12.3 Å². The van der Waals surface area contributed by atoms with Crippen LogP contribution in [0.25, 0.3) is 0 Å². The molecule has 2 aromatic rings. The van der Waals surface area contributed by atoms with Crippen molar-refractivity contribution < 1.29 is 14.3 Å². The van der Waals surface area contributed by atoms with Crippen molar-refractivity contribution in [1.29, 1.82) is 0 Å². The molecule has 126 valence electrons. The van der Waals surface area contributed by atoms with Crippen molar-refractivity contribution in [2.75, 3.05) is 7.11 Å². The summed E-state index contributed by atoms with van der Waals surface area (Å²) >= 11 is 0. The molecule has 0 aliphatic carbocycles. The summed E-state index contributed by atoms with van der Waals surface area (Å²) in [6.45, 7) is 5.72. The molecule has 0 aliphatic heterocycles. The summed E-state index contributed by atoms with van der Waals surface area (Å²) in [6.07, 6.45) is 0. The first kappa shape index (κ1) is 20.7. The molecule has 0 bridgehead atoms. The van der Waals surface area contributed by atoms with Gasteiger partial charge in [0.1, 0.15) is 11.5 Å². The molecule has 0 aliphatic rings. The van der Waals surface area contributed by atoms with Crippen LogP contribution in [0.15, 0.2) is 48.5 Å². The third-order valence-electron chi connectivity index (χ3n) is 3.65. The zero-order chi connectivity index (χ0) is 15.5. The summed E-state index contributed by atoms with van der Waals surface area (Å²) in [6, 6.07) is 15.7. The Morgan fingerprint density at radius 1 is 0.826 bits per heavy atom. The van der Waals surface area contributed by atoms with Gasteiger partial charge in [-0.25, -0.2) is 0 Å². The van der Waals surface area contributed by atoms with Crippen molar-refractivity contribution in [3.63, 3.8) is 0 Å². The van der Waals surface area contributed by atoms with Gasteiger partial charge in [-0.05, 0) is 35.4 Å². The smallest absolute Gasteiger partial charge is 0.308 e. The molecule has 0 amide bonds. The molecular formula is C20H28O3. The van der Waals surface area contributed by atoms with E-state index in [1.54, 1.807) is 7.11 Å². The first-order valence-electron chi connectivity index (χ1n) is 6.87. The van der Waals surface area contributed by atoms with Crippen LogP contribution >= 0.6 is 0 Å². The highest BCUT2D eigenvalue weighted by Crippen LogP contribution is 2.33. The zero-order valence-electron chi connectivity index (χ0n) is 12.8. The lowest BCUT2D eigenvalue weighted by Crippen LogP contribution is -2.18. The van der Waals surface area contributed by atoms with Crippen LogP contribution in [0.5, 0.6) is 11.5 Å².